The maximum atomic E-state index is 4.21. The minimum absolute atomic E-state index is 0.564. The summed E-state index contributed by atoms with van der Waals surface area (Å²) >= 11 is 1.46. The smallest absolute Gasteiger partial charge is 0.110 e. The van der Waals surface area contributed by atoms with E-state index < -0.39 is 0 Å². The Hall–Kier alpha value is -1.26. The molecular formula is C13H17N3S. The lowest BCUT2D eigenvalue weighted by molar-refractivity contribution is 0.830. The average molecular weight is 247 g/mol. The summed E-state index contributed by atoms with van der Waals surface area (Å²) in [6, 6.07) is 8.60. The van der Waals surface area contributed by atoms with Crippen LogP contribution in [0.25, 0.3) is 11.3 Å². The molecule has 0 atom stereocenters. The molecule has 1 aromatic carbocycles. The van der Waals surface area contributed by atoms with Gasteiger partial charge in [0, 0.05) is 12.1 Å². The van der Waals surface area contributed by atoms with E-state index in [1.165, 1.54) is 22.0 Å². The lowest BCUT2D eigenvalue weighted by atomic mass is 10.0. The normalized spacial score (nSPS) is 11.1. The van der Waals surface area contributed by atoms with Crippen LogP contribution >= 0.6 is 11.5 Å². The predicted octanol–water partition coefficient (Wildman–Crippen LogP) is 3.05. The van der Waals surface area contributed by atoms with Gasteiger partial charge in [-0.1, -0.05) is 42.6 Å². The molecule has 0 saturated heterocycles. The molecule has 0 aliphatic carbocycles. The van der Waals surface area contributed by atoms with Gasteiger partial charge in [0.15, 0.2) is 0 Å². The highest BCUT2D eigenvalue weighted by Crippen LogP contribution is 2.25. The third-order valence-electron chi connectivity index (χ3n) is 2.74. The summed E-state index contributed by atoms with van der Waals surface area (Å²) in [6.45, 7) is 5.22. The number of rotatable bonds is 4. The maximum Gasteiger partial charge on any atom is 0.110 e. The van der Waals surface area contributed by atoms with Crippen LogP contribution in [0.1, 0.15) is 30.2 Å². The monoisotopic (exact) mass is 247 g/mol. The first kappa shape index (κ1) is 12.2. The number of nitrogens with zero attached hydrogens (tertiary/aromatic N) is 2. The van der Waals surface area contributed by atoms with Crippen molar-refractivity contribution in [2.75, 3.05) is 7.05 Å². The number of benzene rings is 1. The van der Waals surface area contributed by atoms with Crippen molar-refractivity contribution in [1.29, 1.82) is 0 Å². The average Bonchev–Trinajstić information content (AvgIpc) is 2.78. The number of aromatic nitrogens is 2. The fourth-order valence-corrected chi connectivity index (χ4v) is 2.41. The van der Waals surface area contributed by atoms with Gasteiger partial charge in [0.25, 0.3) is 0 Å². The second-order valence-corrected chi connectivity index (χ2v) is 5.19. The molecule has 0 fully saturated rings. The molecule has 2 aromatic rings. The molecule has 3 nitrogen and oxygen atoms in total. The zero-order valence-corrected chi connectivity index (χ0v) is 11.2. The molecule has 1 N–H and O–H groups in total. The Labute approximate surface area is 106 Å². The van der Waals surface area contributed by atoms with Crippen molar-refractivity contribution in [3.8, 4) is 11.3 Å². The Bertz CT molecular complexity index is 474. The number of hydrogen-bond acceptors (Lipinski definition) is 4. The molecular weight excluding hydrogens is 230 g/mol. The standard InChI is InChI=1S/C13H17N3S/c1-9(2)10-4-6-11(7-5-10)13-12(8-14-3)17-16-15-13/h4-7,9,14H,8H2,1-3H3. The van der Waals surface area contributed by atoms with Gasteiger partial charge in [-0.15, -0.1) is 5.10 Å². The van der Waals surface area contributed by atoms with Crippen LogP contribution in [-0.2, 0) is 6.54 Å². The number of hydrogen-bond donors (Lipinski definition) is 1. The first-order valence-electron chi connectivity index (χ1n) is 5.78. The van der Waals surface area contributed by atoms with Crippen molar-refractivity contribution in [2.24, 2.45) is 0 Å². The van der Waals surface area contributed by atoms with Crippen LogP contribution in [0.2, 0.25) is 0 Å². The number of nitrogens with one attached hydrogen (secondary N) is 1. The van der Waals surface area contributed by atoms with Crippen molar-refractivity contribution in [3.05, 3.63) is 34.7 Å². The first-order valence-corrected chi connectivity index (χ1v) is 6.56. The molecule has 0 unspecified atom stereocenters. The second-order valence-electron chi connectivity index (χ2n) is 4.35. The minimum atomic E-state index is 0.564. The van der Waals surface area contributed by atoms with Crippen molar-refractivity contribution >= 4 is 11.5 Å². The topological polar surface area (TPSA) is 37.8 Å². The summed E-state index contributed by atoms with van der Waals surface area (Å²) in [7, 11) is 1.94. The Morgan fingerprint density at radius 3 is 2.53 bits per heavy atom. The molecule has 0 spiro atoms. The Morgan fingerprint density at radius 2 is 1.94 bits per heavy atom. The van der Waals surface area contributed by atoms with E-state index in [0.717, 1.165) is 17.8 Å². The highest BCUT2D eigenvalue weighted by atomic mass is 32.1. The minimum Gasteiger partial charge on any atom is -0.315 e. The van der Waals surface area contributed by atoms with Crippen LogP contribution in [0.4, 0.5) is 0 Å². The first-order chi connectivity index (χ1) is 8.22. The quantitative estimate of drug-likeness (QED) is 0.902. The molecule has 4 heteroatoms. The van der Waals surface area contributed by atoms with Crippen LogP contribution in [0.5, 0.6) is 0 Å². The van der Waals surface area contributed by atoms with E-state index >= 15 is 0 Å². The summed E-state index contributed by atoms with van der Waals surface area (Å²) in [5, 5.41) is 7.35. The van der Waals surface area contributed by atoms with Gasteiger partial charge >= 0.3 is 0 Å². The summed E-state index contributed by atoms with van der Waals surface area (Å²) < 4.78 is 4.03. The summed E-state index contributed by atoms with van der Waals surface area (Å²) in [5.41, 5.74) is 3.50. The van der Waals surface area contributed by atoms with E-state index in [2.05, 4.69) is 53.0 Å². The summed E-state index contributed by atoms with van der Waals surface area (Å²) in [4.78, 5) is 1.18. The summed E-state index contributed by atoms with van der Waals surface area (Å²) in [5.74, 6) is 0.564. The zero-order valence-electron chi connectivity index (χ0n) is 10.4. The molecule has 0 bridgehead atoms. The van der Waals surface area contributed by atoms with E-state index in [4.69, 9.17) is 0 Å². The predicted molar refractivity (Wildman–Crippen MR) is 72.2 cm³/mol. The Morgan fingerprint density at radius 1 is 1.24 bits per heavy atom. The fourth-order valence-electron chi connectivity index (χ4n) is 1.73. The molecule has 0 aliphatic heterocycles. The van der Waals surface area contributed by atoms with E-state index in [1.54, 1.807) is 0 Å². The van der Waals surface area contributed by atoms with E-state index in [-0.39, 0.29) is 0 Å². The highest BCUT2D eigenvalue weighted by molar-refractivity contribution is 7.05. The van der Waals surface area contributed by atoms with E-state index in [1.807, 2.05) is 7.05 Å². The zero-order chi connectivity index (χ0) is 12.3. The molecule has 17 heavy (non-hydrogen) atoms. The molecule has 0 amide bonds. The molecule has 0 saturated carbocycles. The second kappa shape index (κ2) is 5.38. The molecule has 0 radical (unpaired) electrons. The van der Waals surface area contributed by atoms with Crippen LogP contribution in [0.15, 0.2) is 24.3 Å². The van der Waals surface area contributed by atoms with Gasteiger partial charge in [-0.3, -0.25) is 0 Å². The third kappa shape index (κ3) is 2.70. The van der Waals surface area contributed by atoms with E-state index in [0.29, 0.717) is 5.92 Å². The van der Waals surface area contributed by atoms with E-state index in [9.17, 15) is 0 Å². The molecule has 1 heterocycles. The van der Waals surface area contributed by atoms with Crippen LogP contribution in [0, 0.1) is 0 Å². The van der Waals surface area contributed by atoms with Gasteiger partial charge in [-0.2, -0.15) is 0 Å². The highest BCUT2D eigenvalue weighted by Gasteiger charge is 2.09. The summed E-state index contributed by atoms with van der Waals surface area (Å²) in [6.07, 6.45) is 0. The van der Waals surface area contributed by atoms with Crippen LogP contribution in [-0.4, -0.2) is 16.6 Å². The van der Waals surface area contributed by atoms with Gasteiger partial charge in [-0.05, 0) is 30.1 Å². The Balaban J connectivity index is 2.30. The SMILES string of the molecule is CNCc1snnc1-c1ccc(C(C)C)cc1. The van der Waals surface area contributed by atoms with Gasteiger partial charge in [0.2, 0.25) is 0 Å². The van der Waals surface area contributed by atoms with Gasteiger partial charge in [0.05, 0.1) is 4.88 Å². The van der Waals surface area contributed by atoms with Gasteiger partial charge in [-0.25, -0.2) is 0 Å². The maximum absolute atomic E-state index is 4.21. The van der Waals surface area contributed by atoms with Gasteiger partial charge in [0.1, 0.15) is 5.69 Å². The largest absolute Gasteiger partial charge is 0.315 e. The lowest BCUT2D eigenvalue weighted by Crippen LogP contribution is -2.04. The Kier molecular flexibility index (Phi) is 3.86. The van der Waals surface area contributed by atoms with Crippen molar-refractivity contribution < 1.29 is 0 Å². The van der Waals surface area contributed by atoms with Crippen molar-refractivity contribution in [3.63, 3.8) is 0 Å². The van der Waals surface area contributed by atoms with Crippen molar-refractivity contribution in [1.82, 2.24) is 14.9 Å². The van der Waals surface area contributed by atoms with Gasteiger partial charge < -0.3 is 5.32 Å². The lowest BCUT2D eigenvalue weighted by Gasteiger charge is -2.06. The molecule has 2 rings (SSSR count). The molecule has 0 aliphatic rings. The van der Waals surface area contributed by atoms with Crippen LogP contribution in [0.3, 0.4) is 0 Å². The van der Waals surface area contributed by atoms with Crippen LogP contribution < -0.4 is 5.32 Å². The third-order valence-corrected chi connectivity index (χ3v) is 3.47. The molecule has 1 aromatic heterocycles. The molecule has 90 valence electrons. The fraction of sp³-hybridized carbons (Fsp3) is 0.385. The van der Waals surface area contributed by atoms with Crippen molar-refractivity contribution in [2.45, 2.75) is 26.3 Å².